The number of anilines is 1. The summed E-state index contributed by atoms with van der Waals surface area (Å²) in [6.45, 7) is -0.223. The molecule has 2 N–H and O–H groups in total. The molecule has 1 heterocycles. The molecule has 7 heteroatoms. The Kier molecular flexibility index (Phi) is 7.62. The van der Waals surface area contributed by atoms with Crippen LogP contribution in [-0.4, -0.2) is 28.7 Å². The van der Waals surface area contributed by atoms with Gasteiger partial charge in [-0.05, 0) is 24.5 Å². The molecule has 1 atom stereocenters. The second kappa shape index (κ2) is 10.2. The fraction of sp³-hybridized carbons (Fsp3) is 0.571. The van der Waals surface area contributed by atoms with E-state index < -0.39 is 6.04 Å². The van der Waals surface area contributed by atoms with Crippen molar-refractivity contribution in [1.82, 2.24) is 4.57 Å². The Morgan fingerprint density at radius 3 is 2.71 bits per heavy atom. The summed E-state index contributed by atoms with van der Waals surface area (Å²) in [5, 5.41) is 16.5. The van der Waals surface area contributed by atoms with Crippen LogP contribution in [0, 0.1) is 10.8 Å². The number of aliphatic hydroxyl groups excluding tert-OH is 1. The quantitative estimate of drug-likeness (QED) is 0.418. The summed E-state index contributed by atoms with van der Waals surface area (Å²) in [6, 6.07) is 5.27. The number of aliphatic hydroxyl groups is 1. The van der Waals surface area contributed by atoms with Crippen molar-refractivity contribution in [3.05, 3.63) is 33.8 Å². The molecule has 1 amide bonds. The van der Waals surface area contributed by atoms with E-state index in [2.05, 4.69) is 26.4 Å². The number of fused-ring (bicyclic) bond motifs is 1. The van der Waals surface area contributed by atoms with Crippen LogP contribution in [-0.2, 0) is 4.79 Å². The van der Waals surface area contributed by atoms with E-state index in [4.69, 9.17) is 0 Å². The zero-order valence-corrected chi connectivity index (χ0v) is 17.7. The molecule has 1 aliphatic rings. The van der Waals surface area contributed by atoms with Crippen LogP contribution in [0.4, 0.5) is 5.69 Å². The summed E-state index contributed by atoms with van der Waals surface area (Å²) in [4.78, 5) is 23.4. The van der Waals surface area contributed by atoms with E-state index in [-0.39, 0.29) is 19.1 Å². The van der Waals surface area contributed by atoms with Gasteiger partial charge in [0.25, 0.3) is 0 Å². The maximum Gasteiger partial charge on any atom is 0.224 e. The third kappa shape index (κ3) is 5.00. The van der Waals surface area contributed by atoms with Gasteiger partial charge in [0.1, 0.15) is 6.54 Å². The molecular weight excluding hydrogens is 422 g/mol. The van der Waals surface area contributed by atoms with E-state index in [1.807, 2.05) is 22.8 Å². The number of nitroso groups, excluding NO2 is 1. The predicted molar refractivity (Wildman–Crippen MR) is 115 cm³/mol. The molecule has 6 nitrogen and oxygen atoms in total. The molecule has 0 spiro atoms. The smallest absolute Gasteiger partial charge is 0.224 e. The van der Waals surface area contributed by atoms with Gasteiger partial charge in [-0.1, -0.05) is 65.7 Å². The van der Waals surface area contributed by atoms with Crippen LogP contribution in [0.25, 0.3) is 10.9 Å². The van der Waals surface area contributed by atoms with Crippen molar-refractivity contribution < 1.29 is 9.90 Å². The van der Waals surface area contributed by atoms with Crippen LogP contribution in [0.2, 0.25) is 0 Å². The first-order valence-corrected chi connectivity index (χ1v) is 10.9. The van der Waals surface area contributed by atoms with Crippen molar-refractivity contribution in [2.75, 3.05) is 18.5 Å². The molecule has 0 radical (unpaired) electrons. The monoisotopic (exact) mass is 449 g/mol. The lowest BCUT2D eigenvalue weighted by molar-refractivity contribution is -0.116. The standard InChI is InChI=1S/C21H28BrN3O3/c22-17-8-5-9-19-21(17)18(13-25(19)16(14-26)12-23-28)24-20(27)11-10-15-6-3-1-2-4-7-15/h5,8-9,13,15-16,26H,1-4,6-7,10-12,14H2,(H,24,27). The first-order valence-electron chi connectivity index (χ1n) is 10.1. The normalized spacial score (nSPS) is 16.6. The molecule has 1 fully saturated rings. The fourth-order valence-electron chi connectivity index (χ4n) is 4.18. The Balaban J connectivity index is 1.76. The van der Waals surface area contributed by atoms with Crippen LogP contribution in [0.5, 0.6) is 0 Å². The number of rotatable bonds is 8. The van der Waals surface area contributed by atoms with Crippen LogP contribution in [0.3, 0.4) is 0 Å². The lowest BCUT2D eigenvalue weighted by Crippen LogP contribution is -2.16. The van der Waals surface area contributed by atoms with Gasteiger partial charge >= 0.3 is 0 Å². The minimum Gasteiger partial charge on any atom is -0.394 e. The van der Waals surface area contributed by atoms with Crippen molar-refractivity contribution >= 4 is 38.4 Å². The number of carbonyl (C=O) groups is 1. The number of benzene rings is 1. The molecule has 1 aromatic carbocycles. The van der Waals surface area contributed by atoms with Gasteiger partial charge < -0.3 is 15.0 Å². The highest BCUT2D eigenvalue weighted by atomic mass is 79.9. The Labute approximate surface area is 173 Å². The lowest BCUT2D eigenvalue weighted by atomic mass is 9.95. The molecule has 0 aliphatic heterocycles. The molecular formula is C21H28BrN3O3. The number of carbonyl (C=O) groups excluding carboxylic acids is 1. The SMILES string of the molecule is O=NCC(CO)n1cc(NC(=O)CCC2CCCCCC2)c2c(Br)cccc21. The number of hydrogen-bond acceptors (Lipinski definition) is 4. The zero-order chi connectivity index (χ0) is 19.9. The van der Waals surface area contributed by atoms with E-state index >= 15 is 0 Å². The average Bonchev–Trinajstić information content (AvgIpc) is 2.87. The number of hydrogen-bond donors (Lipinski definition) is 2. The summed E-state index contributed by atoms with van der Waals surface area (Å²) in [5.41, 5.74) is 1.54. The van der Waals surface area contributed by atoms with Crippen LogP contribution in [0.1, 0.15) is 57.4 Å². The maximum absolute atomic E-state index is 12.6. The van der Waals surface area contributed by atoms with E-state index in [1.165, 1.54) is 38.5 Å². The number of nitrogens with one attached hydrogen (secondary N) is 1. The highest BCUT2D eigenvalue weighted by Gasteiger charge is 2.20. The molecule has 0 saturated heterocycles. The van der Waals surface area contributed by atoms with E-state index in [9.17, 15) is 14.8 Å². The molecule has 0 bridgehead atoms. The lowest BCUT2D eigenvalue weighted by Gasteiger charge is -2.14. The largest absolute Gasteiger partial charge is 0.394 e. The van der Waals surface area contributed by atoms with Crippen LogP contribution >= 0.6 is 15.9 Å². The van der Waals surface area contributed by atoms with Crippen molar-refractivity contribution in [3.63, 3.8) is 0 Å². The first kappa shape index (κ1) is 21.0. The number of amides is 1. The van der Waals surface area contributed by atoms with Crippen LogP contribution in [0.15, 0.2) is 34.0 Å². The fourth-order valence-corrected chi connectivity index (χ4v) is 4.75. The second-order valence-electron chi connectivity index (χ2n) is 7.68. The average molecular weight is 450 g/mol. The van der Waals surface area contributed by atoms with Crippen molar-refractivity contribution in [1.29, 1.82) is 0 Å². The molecule has 1 unspecified atom stereocenters. The van der Waals surface area contributed by atoms with E-state index in [0.717, 1.165) is 21.8 Å². The highest BCUT2D eigenvalue weighted by Crippen LogP contribution is 2.35. The van der Waals surface area contributed by atoms with Gasteiger partial charge in [0.05, 0.1) is 23.9 Å². The minimum absolute atomic E-state index is 0.00751. The summed E-state index contributed by atoms with van der Waals surface area (Å²) >= 11 is 3.56. The Bertz CT molecular complexity index is 813. The minimum atomic E-state index is -0.453. The Morgan fingerprint density at radius 2 is 2.04 bits per heavy atom. The summed E-state index contributed by atoms with van der Waals surface area (Å²) in [5.74, 6) is 0.659. The number of halogens is 1. The molecule has 28 heavy (non-hydrogen) atoms. The predicted octanol–water partition coefficient (Wildman–Crippen LogP) is 5.39. The van der Waals surface area contributed by atoms with Gasteiger partial charge in [-0.25, -0.2) is 0 Å². The van der Waals surface area contributed by atoms with Gasteiger partial charge in [-0.3, -0.25) is 4.79 Å². The van der Waals surface area contributed by atoms with Gasteiger partial charge in [0.2, 0.25) is 5.91 Å². The number of aromatic nitrogens is 1. The Hall–Kier alpha value is -1.73. The Morgan fingerprint density at radius 1 is 1.29 bits per heavy atom. The second-order valence-corrected chi connectivity index (χ2v) is 8.53. The van der Waals surface area contributed by atoms with Crippen molar-refractivity contribution in [3.8, 4) is 0 Å². The van der Waals surface area contributed by atoms with E-state index in [0.29, 0.717) is 18.0 Å². The van der Waals surface area contributed by atoms with Crippen molar-refractivity contribution in [2.24, 2.45) is 11.1 Å². The third-order valence-electron chi connectivity index (χ3n) is 5.73. The summed E-state index contributed by atoms with van der Waals surface area (Å²) in [6.07, 6.45) is 10.9. The van der Waals surface area contributed by atoms with Gasteiger partial charge in [-0.2, -0.15) is 4.91 Å². The van der Waals surface area contributed by atoms with Gasteiger partial charge in [0, 0.05) is 22.5 Å². The van der Waals surface area contributed by atoms with Crippen LogP contribution < -0.4 is 5.32 Å². The topological polar surface area (TPSA) is 83.7 Å². The van der Waals surface area contributed by atoms with Gasteiger partial charge in [0.15, 0.2) is 0 Å². The molecule has 1 aliphatic carbocycles. The molecule has 1 aromatic heterocycles. The first-order chi connectivity index (χ1) is 13.6. The molecule has 1 saturated carbocycles. The summed E-state index contributed by atoms with van der Waals surface area (Å²) in [7, 11) is 0. The maximum atomic E-state index is 12.6. The molecule has 3 rings (SSSR count). The third-order valence-corrected chi connectivity index (χ3v) is 6.39. The summed E-state index contributed by atoms with van der Waals surface area (Å²) < 4.78 is 2.68. The van der Waals surface area contributed by atoms with Gasteiger partial charge in [-0.15, -0.1) is 0 Å². The highest BCUT2D eigenvalue weighted by molar-refractivity contribution is 9.10. The molecule has 2 aromatic rings. The molecule has 152 valence electrons. The number of nitrogens with zero attached hydrogens (tertiary/aromatic N) is 2. The zero-order valence-electron chi connectivity index (χ0n) is 16.1. The van der Waals surface area contributed by atoms with E-state index in [1.54, 1.807) is 6.20 Å². The van der Waals surface area contributed by atoms with Crippen molar-refractivity contribution in [2.45, 2.75) is 57.4 Å².